The van der Waals surface area contributed by atoms with E-state index in [1.54, 1.807) is 12.1 Å². The molecular weight excluding hydrogens is 400 g/mol. The van der Waals surface area contributed by atoms with Gasteiger partial charge in [0.2, 0.25) is 11.7 Å². The van der Waals surface area contributed by atoms with Crippen molar-refractivity contribution in [2.75, 3.05) is 0 Å². The zero-order valence-electron chi connectivity index (χ0n) is 12.6. The maximum absolute atomic E-state index is 13.1. The second kappa shape index (κ2) is 7.52. The van der Waals surface area contributed by atoms with Crippen LogP contribution in [0.3, 0.4) is 0 Å². The fourth-order valence-electron chi connectivity index (χ4n) is 1.64. The summed E-state index contributed by atoms with van der Waals surface area (Å²) in [5, 5.41) is 6.82. The van der Waals surface area contributed by atoms with Gasteiger partial charge in [-0.05, 0) is 32.9 Å². The van der Waals surface area contributed by atoms with Crippen molar-refractivity contribution < 1.29 is 8.91 Å². The highest BCUT2D eigenvalue weighted by Gasteiger charge is 2.11. The van der Waals surface area contributed by atoms with Crippen LogP contribution in [-0.2, 0) is 6.54 Å². The number of hydrogen-bond donors (Lipinski definition) is 2. The van der Waals surface area contributed by atoms with Crippen molar-refractivity contribution in [1.29, 1.82) is 0 Å². The predicted molar refractivity (Wildman–Crippen MR) is 93.3 cm³/mol. The third kappa shape index (κ3) is 5.58. The first-order valence-corrected chi connectivity index (χ1v) is 6.50. The van der Waals surface area contributed by atoms with E-state index >= 15 is 0 Å². The van der Waals surface area contributed by atoms with Crippen LogP contribution in [0.5, 0.6) is 0 Å². The third-order valence-electron chi connectivity index (χ3n) is 2.44. The van der Waals surface area contributed by atoms with E-state index in [0.29, 0.717) is 23.2 Å². The molecule has 0 saturated heterocycles. The van der Waals surface area contributed by atoms with Gasteiger partial charge in [-0.2, -0.15) is 4.98 Å². The van der Waals surface area contributed by atoms with Crippen molar-refractivity contribution in [3.8, 4) is 11.4 Å². The molecule has 3 N–H and O–H groups in total. The second-order valence-electron chi connectivity index (χ2n) is 5.60. The Kier molecular flexibility index (Phi) is 6.27. The minimum atomic E-state index is -0.351. The monoisotopic (exact) mass is 419 g/mol. The first-order chi connectivity index (χ1) is 9.83. The molecule has 22 heavy (non-hydrogen) atoms. The predicted octanol–water partition coefficient (Wildman–Crippen LogP) is 2.70. The van der Waals surface area contributed by atoms with Crippen LogP contribution < -0.4 is 11.1 Å². The van der Waals surface area contributed by atoms with Crippen LogP contribution in [0, 0.1) is 5.82 Å². The lowest BCUT2D eigenvalue weighted by Gasteiger charge is -2.20. The van der Waals surface area contributed by atoms with Gasteiger partial charge in [0, 0.05) is 11.1 Å². The number of rotatable bonds is 3. The summed E-state index contributed by atoms with van der Waals surface area (Å²) in [6, 6.07) is 5.99. The molecule has 0 atom stereocenters. The molecule has 2 aromatic rings. The molecule has 0 aliphatic rings. The van der Waals surface area contributed by atoms with Gasteiger partial charge in [-0.15, -0.1) is 24.0 Å². The Balaban J connectivity index is 0.00000242. The van der Waals surface area contributed by atoms with E-state index in [4.69, 9.17) is 10.3 Å². The molecule has 1 aromatic heterocycles. The molecule has 0 aliphatic heterocycles. The Hall–Kier alpha value is -1.71. The van der Waals surface area contributed by atoms with Gasteiger partial charge in [0.15, 0.2) is 5.96 Å². The topological polar surface area (TPSA) is 89.3 Å². The van der Waals surface area contributed by atoms with Gasteiger partial charge in [-0.25, -0.2) is 9.38 Å². The summed E-state index contributed by atoms with van der Waals surface area (Å²) < 4.78 is 18.2. The van der Waals surface area contributed by atoms with Crippen LogP contribution in [0.2, 0.25) is 0 Å². The summed E-state index contributed by atoms with van der Waals surface area (Å²) in [5.41, 5.74) is 6.12. The molecule has 0 radical (unpaired) electrons. The molecule has 0 amide bonds. The number of benzene rings is 1. The lowest BCUT2D eigenvalue weighted by atomic mass is 10.1. The first-order valence-electron chi connectivity index (χ1n) is 6.50. The minimum Gasteiger partial charge on any atom is -0.370 e. The highest BCUT2D eigenvalue weighted by molar-refractivity contribution is 14.0. The van der Waals surface area contributed by atoms with E-state index in [0.717, 1.165) is 0 Å². The van der Waals surface area contributed by atoms with E-state index in [-0.39, 0.29) is 41.9 Å². The Bertz CT molecular complexity index is 651. The standard InChI is InChI=1S/C14H18FN5O.HI/c1-14(2,3)19-13(16)17-8-11-18-12(20-21-11)9-5-4-6-10(15)7-9;/h4-7H,8H2,1-3H3,(H3,16,17,19);1H. The molecule has 0 unspecified atom stereocenters. The van der Waals surface area contributed by atoms with Crippen LogP contribution in [0.15, 0.2) is 33.8 Å². The number of nitrogens with one attached hydrogen (secondary N) is 1. The Morgan fingerprint density at radius 2 is 2.14 bits per heavy atom. The van der Waals surface area contributed by atoms with Crippen molar-refractivity contribution >= 4 is 29.9 Å². The molecular formula is C14H19FIN5O. The molecule has 0 spiro atoms. The quantitative estimate of drug-likeness (QED) is 0.454. The van der Waals surface area contributed by atoms with Crippen LogP contribution in [0.1, 0.15) is 26.7 Å². The maximum atomic E-state index is 13.1. The number of guanidine groups is 1. The number of halogens is 2. The van der Waals surface area contributed by atoms with Gasteiger partial charge >= 0.3 is 0 Å². The Labute approximate surface area is 145 Å². The molecule has 0 bridgehead atoms. The largest absolute Gasteiger partial charge is 0.370 e. The summed E-state index contributed by atoms with van der Waals surface area (Å²) in [7, 11) is 0. The van der Waals surface area contributed by atoms with Crippen LogP contribution in [-0.4, -0.2) is 21.6 Å². The number of hydrogen-bond acceptors (Lipinski definition) is 4. The van der Waals surface area contributed by atoms with E-state index in [1.807, 2.05) is 20.8 Å². The molecule has 2 rings (SSSR count). The first kappa shape index (κ1) is 18.3. The van der Waals surface area contributed by atoms with Crippen molar-refractivity contribution in [3.63, 3.8) is 0 Å². The second-order valence-corrected chi connectivity index (χ2v) is 5.60. The molecule has 6 nitrogen and oxygen atoms in total. The van der Waals surface area contributed by atoms with Crippen LogP contribution in [0.4, 0.5) is 4.39 Å². The molecule has 0 fully saturated rings. The van der Waals surface area contributed by atoms with E-state index in [9.17, 15) is 4.39 Å². The van der Waals surface area contributed by atoms with E-state index < -0.39 is 0 Å². The van der Waals surface area contributed by atoms with Gasteiger partial charge in [0.1, 0.15) is 12.4 Å². The van der Waals surface area contributed by atoms with Crippen LogP contribution >= 0.6 is 24.0 Å². The third-order valence-corrected chi connectivity index (χ3v) is 2.44. The van der Waals surface area contributed by atoms with Crippen molar-refractivity contribution in [1.82, 2.24) is 15.5 Å². The van der Waals surface area contributed by atoms with E-state index in [2.05, 4.69) is 20.4 Å². The molecule has 1 heterocycles. The van der Waals surface area contributed by atoms with Gasteiger partial charge in [0.05, 0.1) is 0 Å². The lowest BCUT2D eigenvalue weighted by Crippen LogP contribution is -2.44. The fraction of sp³-hybridized carbons (Fsp3) is 0.357. The lowest BCUT2D eigenvalue weighted by molar-refractivity contribution is 0.380. The van der Waals surface area contributed by atoms with Crippen molar-refractivity contribution in [2.45, 2.75) is 32.9 Å². The minimum absolute atomic E-state index is 0. The maximum Gasteiger partial charge on any atom is 0.248 e. The SMILES string of the molecule is CC(C)(C)NC(N)=NCc1nc(-c2cccc(F)c2)no1.I. The summed E-state index contributed by atoms with van der Waals surface area (Å²) in [6.07, 6.45) is 0. The highest BCUT2D eigenvalue weighted by Crippen LogP contribution is 2.16. The molecule has 0 aliphatic carbocycles. The summed E-state index contributed by atoms with van der Waals surface area (Å²) in [6.45, 7) is 6.09. The number of nitrogens with zero attached hydrogens (tertiary/aromatic N) is 3. The zero-order chi connectivity index (χ0) is 15.5. The fourth-order valence-corrected chi connectivity index (χ4v) is 1.64. The zero-order valence-corrected chi connectivity index (χ0v) is 15.0. The van der Waals surface area contributed by atoms with Gasteiger partial charge < -0.3 is 15.6 Å². The van der Waals surface area contributed by atoms with Crippen LogP contribution in [0.25, 0.3) is 11.4 Å². The number of nitrogens with two attached hydrogens (primary N) is 1. The van der Waals surface area contributed by atoms with Gasteiger partial charge in [-0.3, -0.25) is 0 Å². The number of aromatic nitrogens is 2. The normalized spacial score (nSPS) is 11.9. The Morgan fingerprint density at radius 1 is 1.41 bits per heavy atom. The highest BCUT2D eigenvalue weighted by atomic mass is 127. The van der Waals surface area contributed by atoms with Crippen molar-refractivity contribution in [2.24, 2.45) is 10.7 Å². The van der Waals surface area contributed by atoms with E-state index in [1.165, 1.54) is 12.1 Å². The molecule has 1 aromatic carbocycles. The summed E-state index contributed by atoms with van der Waals surface area (Å²) >= 11 is 0. The van der Waals surface area contributed by atoms with Gasteiger partial charge in [0.25, 0.3) is 0 Å². The summed E-state index contributed by atoms with van der Waals surface area (Å²) in [4.78, 5) is 8.27. The molecule has 120 valence electrons. The molecule has 8 heteroatoms. The number of aliphatic imine (C=N–C) groups is 1. The summed E-state index contributed by atoms with van der Waals surface area (Å²) in [5.74, 6) is 0.582. The smallest absolute Gasteiger partial charge is 0.248 e. The average Bonchev–Trinajstić information content (AvgIpc) is 2.83. The van der Waals surface area contributed by atoms with Crippen molar-refractivity contribution in [3.05, 3.63) is 36.0 Å². The molecule has 0 saturated carbocycles. The average molecular weight is 419 g/mol. The van der Waals surface area contributed by atoms with Gasteiger partial charge in [-0.1, -0.05) is 17.3 Å². The Morgan fingerprint density at radius 3 is 2.77 bits per heavy atom.